The number of nitrogens with zero attached hydrogens (tertiary/aromatic N) is 2. The van der Waals surface area contributed by atoms with Crippen molar-refractivity contribution >= 4 is 5.91 Å². The Morgan fingerprint density at radius 1 is 1.21 bits per heavy atom. The van der Waals surface area contributed by atoms with E-state index in [0.29, 0.717) is 5.82 Å². The summed E-state index contributed by atoms with van der Waals surface area (Å²) in [4.78, 5) is 32.5. The van der Waals surface area contributed by atoms with Gasteiger partial charge in [-0.3, -0.25) is 14.5 Å². The van der Waals surface area contributed by atoms with Crippen LogP contribution in [0.25, 0.3) is 0 Å². The number of nitrogens with one attached hydrogen (secondary N) is 1. The van der Waals surface area contributed by atoms with E-state index < -0.39 is 22.9 Å². The molecule has 0 bridgehead atoms. The Bertz CT molecular complexity index is 782. The van der Waals surface area contributed by atoms with Crippen LogP contribution in [-0.4, -0.2) is 39.0 Å². The minimum Gasteiger partial charge on any atom is -0.501 e. The number of likely N-dealkylation sites (tertiary alicyclic amines) is 1. The fourth-order valence-corrected chi connectivity index (χ4v) is 3.14. The second-order valence-electron chi connectivity index (χ2n) is 5.92. The summed E-state index contributed by atoms with van der Waals surface area (Å²) in [7, 11) is 0. The van der Waals surface area contributed by atoms with Gasteiger partial charge in [-0.05, 0) is 31.5 Å². The Labute approximate surface area is 139 Å². The number of amides is 1. The summed E-state index contributed by atoms with van der Waals surface area (Å²) in [6, 6.07) is 9.36. The quantitative estimate of drug-likeness (QED) is 0.779. The lowest BCUT2D eigenvalue weighted by molar-refractivity contribution is 0.0991. The minimum atomic E-state index is -0.926. The third-order valence-electron chi connectivity index (χ3n) is 4.28. The van der Waals surface area contributed by atoms with Crippen LogP contribution >= 0.6 is 0 Å². The highest BCUT2D eigenvalue weighted by Crippen LogP contribution is 2.29. The number of aromatic amines is 1. The third-order valence-corrected chi connectivity index (χ3v) is 4.28. The van der Waals surface area contributed by atoms with Gasteiger partial charge in [-0.1, -0.05) is 36.8 Å². The zero-order valence-electron chi connectivity index (χ0n) is 13.2. The van der Waals surface area contributed by atoms with Gasteiger partial charge in [0.1, 0.15) is 5.82 Å². The van der Waals surface area contributed by atoms with E-state index in [9.17, 15) is 14.7 Å². The van der Waals surface area contributed by atoms with E-state index in [-0.39, 0.29) is 6.04 Å². The second kappa shape index (κ2) is 6.84. The maximum Gasteiger partial charge on any atom is 0.293 e. The number of piperidine rings is 1. The highest BCUT2D eigenvalue weighted by atomic mass is 16.3. The van der Waals surface area contributed by atoms with Crippen LogP contribution in [0.5, 0.6) is 5.75 Å². The van der Waals surface area contributed by atoms with E-state index in [1.807, 2.05) is 30.3 Å². The first-order chi connectivity index (χ1) is 11.6. The van der Waals surface area contributed by atoms with Crippen molar-refractivity contribution in [2.45, 2.75) is 25.3 Å². The molecule has 7 nitrogen and oxygen atoms in total. The number of hydrogen-bond acceptors (Lipinski definition) is 5. The molecule has 1 saturated heterocycles. The highest BCUT2D eigenvalue weighted by Gasteiger charge is 2.28. The Hall–Kier alpha value is -2.67. The van der Waals surface area contributed by atoms with Gasteiger partial charge < -0.3 is 15.8 Å². The Morgan fingerprint density at radius 3 is 2.50 bits per heavy atom. The van der Waals surface area contributed by atoms with Crippen molar-refractivity contribution in [3.63, 3.8) is 0 Å². The van der Waals surface area contributed by atoms with Crippen LogP contribution in [-0.2, 0) is 0 Å². The number of carbonyl (C=O) groups excluding carboxylic acids is 1. The summed E-state index contributed by atoms with van der Waals surface area (Å²) in [5.41, 5.74) is 5.05. The summed E-state index contributed by atoms with van der Waals surface area (Å²) >= 11 is 0. The van der Waals surface area contributed by atoms with Crippen molar-refractivity contribution in [1.29, 1.82) is 0 Å². The van der Waals surface area contributed by atoms with Crippen LogP contribution < -0.4 is 11.3 Å². The smallest absolute Gasteiger partial charge is 0.293 e. The topological polar surface area (TPSA) is 112 Å². The molecule has 1 amide bonds. The molecule has 2 heterocycles. The molecule has 0 aliphatic carbocycles. The van der Waals surface area contributed by atoms with Crippen molar-refractivity contribution in [1.82, 2.24) is 14.9 Å². The first-order valence-electron chi connectivity index (χ1n) is 8.00. The number of primary amides is 1. The van der Waals surface area contributed by atoms with Crippen LogP contribution in [0.4, 0.5) is 0 Å². The molecule has 1 fully saturated rings. The largest absolute Gasteiger partial charge is 0.501 e. The number of carbonyl (C=O) groups is 1. The zero-order valence-corrected chi connectivity index (χ0v) is 13.2. The predicted molar refractivity (Wildman–Crippen MR) is 88.7 cm³/mol. The van der Waals surface area contributed by atoms with E-state index >= 15 is 0 Å². The third kappa shape index (κ3) is 3.16. The highest BCUT2D eigenvalue weighted by molar-refractivity contribution is 5.93. The van der Waals surface area contributed by atoms with Gasteiger partial charge in [-0.15, -0.1) is 0 Å². The summed E-state index contributed by atoms with van der Waals surface area (Å²) < 4.78 is 0. The fraction of sp³-hybridized carbons (Fsp3) is 0.353. The van der Waals surface area contributed by atoms with E-state index in [0.717, 1.165) is 31.5 Å². The molecule has 1 aromatic heterocycles. The number of aromatic nitrogens is 2. The van der Waals surface area contributed by atoms with Crippen molar-refractivity contribution < 1.29 is 9.90 Å². The lowest BCUT2D eigenvalue weighted by Crippen LogP contribution is -2.36. The average Bonchev–Trinajstić information content (AvgIpc) is 2.60. The van der Waals surface area contributed by atoms with Gasteiger partial charge in [0.25, 0.3) is 11.5 Å². The standard InChI is InChI=1S/C17H20N4O3/c18-15(23)12-14(22)17(24)20-16(19-12)13(11-7-3-1-4-8-11)21-9-5-2-6-10-21/h1,3-4,7-8,13,22H,2,5-6,9-10H2,(H2,18,23)(H,19,20,24). The Balaban J connectivity index is 2.12. The van der Waals surface area contributed by atoms with Gasteiger partial charge in [0.2, 0.25) is 5.75 Å². The van der Waals surface area contributed by atoms with Crippen molar-refractivity contribution in [2.24, 2.45) is 5.73 Å². The average molecular weight is 328 g/mol. The fourth-order valence-electron chi connectivity index (χ4n) is 3.14. The summed E-state index contributed by atoms with van der Waals surface area (Å²) in [6.45, 7) is 1.74. The molecule has 4 N–H and O–H groups in total. The van der Waals surface area contributed by atoms with E-state index in [4.69, 9.17) is 5.73 Å². The van der Waals surface area contributed by atoms with Crippen LogP contribution in [0.3, 0.4) is 0 Å². The second-order valence-corrected chi connectivity index (χ2v) is 5.92. The van der Waals surface area contributed by atoms with Crippen molar-refractivity contribution in [2.75, 3.05) is 13.1 Å². The monoisotopic (exact) mass is 328 g/mol. The van der Waals surface area contributed by atoms with Gasteiger partial charge in [-0.25, -0.2) is 4.98 Å². The van der Waals surface area contributed by atoms with Gasteiger partial charge in [0.05, 0.1) is 6.04 Å². The molecule has 1 unspecified atom stereocenters. The van der Waals surface area contributed by atoms with Crippen LogP contribution in [0.15, 0.2) is 35.1 Å². The number of hydrogen-bond donors (Lipinski definition) is 3. The summed E-state index contributed by atoms with van der Waals surface area (Å²) in [5, 5.41) is 9.73. The lowest BCUT2D eigenvalue weighted by atomic mass is 10.0. The van der Waals surface area contributed by atoms with Gasteiger partial charge in [0, 0.05) is 0 Å². The maximum atomic E-state index is 12.0. The number of aromatic hydroxyl groups is 1. The van der Waals surface area contributed by atoms with E-state index in [1.54, 1.807) is 0 Å². The molecule has 126 valence electrons. The first-order valence-corrected chi connectivity index (χ1v) is 8.00. The summed E-state index contributed by atoms with van der Waals surface area (Å²) in [5.74, 6) is -1.35. The SMILES string of the molecule is NC(=O)c1nc(C(c2ccccc2)N2CCCCC2)[nH]c(=O)c1O. The summed E-state index contributed by atoms with van der Waals surface area (Å²) in [6.07, 6.45) is 3.30. The molecule has 0 radical (unpaired) electrons. The molecule has 7 heteroatoms. The van der Waals surface area contributed by atoms with E-state index in [1.165, 1.54) is 6.42 Å². The van der Waals surface area contributed by atoms with Crippen molar-refractivity contribution in [3.8, 4) is 5.75 Å². The van der Waals surface area contributed by atoms with Crippen LogP contribution in [0.2, 0.25) is 0 Å². The molecule has 1 atom stereocenters. The Kier molecular flexibility index (Phi) is 4.61. The van der Waals surface area contributed by atoms with Crippen LogP contribution in [0.1, 0.15) is 47.2 Å². The molecular formula is C17H20N4O3. The number of rotatable bonds is 4. The maximum absolute atomic E-state index is 12.0. The minimum absolute atomic E-state index is 0.294. The molecule has 1 aliphatic heterocycles. The van der Waals surface area contributed by atoms with Crippen molar-refractivity contribution in [3.05, 3.63) is 57.8 Å². The molecular weight excluding hydrogens is 308 g/mol. The predicted octanol–water partition coefficient (Wildman–Crippen LogP) is 1.15. The van der Waals surface area contributed by atoms with E-state index in [2.05, 4.69) is 14.9 Å². The van der Waals surface area contributed by atoms with Gasteiger partial charge >= 0.3 is 0 Å². The number of H-pyrrole nitrogens is 1. The molecule has 1 aromatic carbocycles. The molecule has 24 heavy (non-hydrogen) atoms. The first kappa shape index (κ1) is 16.2. The molecule has 0 saturated carbocycles. The lowest BCUT2D eigenvalue weighted by Gasteiger charge is -2.34. The van der Waals surface area contributed by atoms with Gasteiger partial charge in [0.15, 0.2) is 5.69 Å². The molecule has 0 spiro atoms. The molecule has 1 aliphatic rings. The molecule has 3 rings (SSSR count). The van der Waals surface area contributed by atoms with Gasteiger partial charge in [-0.2, -0.15) is 0 Å². The molecule has 2 aromatic rings. The Morgan fingerprint density at radius 2 is 1.88 bits per heavy atom. The zero-order chi connectivity index (χ0) is 17.1. The normalized spacial score (nSPS) is 16.7. The number of benzene rings is 1. The number of nitrogens with two attached hydrogens (primary N) is 1. The van der Waals surface area contributed by atoms with Crippen LogP contribution in [0, 0.1) is 0 Å².